The van der Waals surface area contributed by atoms with Gasteiger partial charge in [-0.3, -0.25) is 0 Å². The first-order valence-electron chi connectivity index (χ1n) is 7.49. The van der Waals surface area contributed by atoms with Crippen molar-refractivity contribution in [3.63, 3.8) is 0 Å². The molecule has 0 amide bonds. The molecule has 0 radical (unpaired) electrons. The summed E-state index contributed by atoms with van der Waals surface area (Å²) in [6.07, 6.45) is 5.42. The number of nitrogens with one attached hydrogen (secondary N) is 1. The maximum absolute atomic E-state index is 4.55. The summed E-state index contributed by atoms with van der Waals surface area (Å²) in [7, 11) is 2.05. The molecule has 0 fully saturated rings. The molecule has 1 aliphatic rings. The minimum absolute atomic E-state index is 0.359. The van der Waals surface area contributed by atoms with Crippen LogP contribution in [-0.2, 0) is 6.42 Å². The lowest BCUT2D eigenvalue weighted by Crippen LogP contribution is -2.27. The Hall–Kier alpha value is -1.39. The number of thioether (sulfide) groups is 1. The van der Waals surface area contributed by atoms with Crippen LogP contribution in [0.3, 0.4) is 0 Å². The summed E-state index contributed by atoms with van der Waals surface area (Å²) in [6, 6.07) is 11.1. The summed E-state index contributed by atoms with van der Waals surface area (Å²) >= 11 is 1.80. The van der Waals surface area contributed by atoms with Crippen LogP contribution in [0.5, 0.6) is 0 Å². The van der Waals surface area contributed by atoms with Crippen LogP contribution in [0.2, 0.25) is 0 Å². The Kier molecular flexibility index (Phi) is 4.56. The van der Waals surface area contributed by atoms with Crippen LogP contribution >= 0.6 is 11.8 Å². The van der Waals surface area contributed by atoms with Gasteiger partial charge in [0.25, 0.3) is 0 Å². The Morgan fingerprint density at radius 2 is 2.10 bits per heavy atom. The third-order valence-corrected chi connectivity index (χ3v) is 5.26. The molecule has 0 saturated carbocycles. The Bertz CT molecular complexity index is 614. The first kappa shape index (κ1) is 14.5. The summed E-state index contributed by atoms with van der Waals surface area (Å²) in [5.74, 6) is 0. The van der Waals surface area contributed by atoms with Crippen LogP contribution in [0.15, 0.2) is 41.7 Å². The van der Waals surface area contributed by atoms with E-state index in [9.17, 15) is 0 Å². The van der Waals surface area contributed by atoms with Crippen LogP contribution in [0.25, 0.3) is 0 Å². The summed E-state index contributed by atoms with van der Waals surface area (Å²) < 4.78 is 0. The zero-order valence-electron chi connectivity index (χ0n) is 12.5. The number of benzene rings is 1. The first-order chi connectivity index (χ1) is 10.3. The summed E-state index contributed by atoms with van der Waals surface area (Å²) in [5.41, 5.74) is 3.94. The second-order valence-corrected chi connectivity index (χ2v) is 6.70. The van der Waals surface area contributed by atoms with Crippen molar-refractivity contribution >= 4 is 11.8 Å². The molecule has 21 heavy (non-hydrogen) atoms. The molecule has 0 saturated heterocycles. The third-order valence-electron chi connectivity index (χ3n) is 4.04. The Morgan fingerprint density at radius 1 is 1.24 bits per heavy atom. The van der Waals surface area contributed by atoms with Gasteiger partial charge in [0.15, 0.2) is 5.16 Å². The number of hydrogen-bond donors (Lipinski definition) is 1. The predicted molar refractivity (Wildman–Crippen MR) is 87.6 cm³/mol. The number of rotatable bonds is 3. The van der Waals surface area contributed by atoms with Gasteiger partial charge in [0.2, 0.25) is 0 Å². The van der Waals surface area contributed by atoms with Crippen molar-refractivity contribution in [3.05, 3.63) is 53.3 Å². The highest BCUT2D eigenvalue weighted by atomic mass is 32.2. The van der Waals surface area contributed by atoms with E-state index < -0.39 is 0 Å². The Morgan fingerprint density at radius 3 is 2.90 bits per heavy atom. The van der Waals surface area contributed by atoms with Gasteiger partial charge in [0.05, 0.1) is 0 Å². The predicted octanol–water partition coefficient (Wildman–Crippen LogP) is 3.54. The number of aromatic nitrogens is 2. The molecule has 1 aliphatic carbocycles. The van der Waals surface area contributed by atoms with Crippen molar-refractivity contribution in [1.29, 1.82) is 0 Å². The molecule has 4 heteroatoms. The molecule has 1 aromatic heterocycles. The SMILES string of the molecule is CNC1c2ccccc2CCCC1Sc1nccc(C)n1. The summed E-state index contributed by atoms with van der Waals surface area (Å²) in [4.78, 5) is 8.96. The highest BCUT2D eigenvalue weighted by Crippen LogP contribution is 2.37. The molecule has 2 aromatic rings. The Labute approximate surface area is 130 Å². The third kappa shape index (κ3) is 3.27. The van der Waals surface area contributed by atoms with Gasteiger partial charge in [-0.05, 0) is 50.4 Å². The van der Waals surface area contributed by atoms with Crippen LogP contribution in [0.1, 0.15) is 35.7 Å². The van der Waals surface area contributed by atoms with Gasteiger partial charge in [-0.2, -0.15) is 0 Å². The molecule has 110 valence electrons. The van der Waals surface area contributed by atoms with Gasteiger partial charge in [-0.25, -0.2) is 9.97 Å². The number of aryl methyl sites for hydroxylation is 2. The summed E-state index contributed by atoms with van der Waals surface area (Å²) in [6.45, 7) is 2.02. The van der Waals surface area contributed by atoms with Gasteiger partial charge >= 0.3 is 0 Å². The van der Waals surface area contributed by atoms with E-state index in [1.54, 1.807) is 11.8 Å². The van der Waals surface area contributed by atoms with Gasteiger partial charge < -0.3 is 5.32 Å². The Balaban J connectivity index is 1.88. The smallest absolute Gasteiger partial charge is 0.188 e. The molecule has 3 rings (SSSR count). The molecular formula is C17H21N3S. The van der Waals surface area contributed by atoms with Crippen LogP contribution in [0.4, 0.5) is 0 Å². The topological polar surface area (TPSA) is 37.8 Å². The van der Waals surface area contributed by atoms with E-state index in [0.717, 1.165) is 10.9 Å². The highest BCUT2D eigenvalue weighted by Gasteiger charge is 2.27. The molecule has 1 N–H and O–H groups in total. The van der Waals surface area contributed by atoms with E-state index in [1.165, 1.54) is 30.4 Å². The van der Waals surface area contributed by atoms with Crippen molar-refractivity contribution in [1.82, 2.24) is 15.3 Å². The van der Waals surface area contributed by atoms with Gasteiger partial charge in [0, 0.05) is 23.2 Å². The summed E-state index contributed by atoms with van der Waals surface area (Å²) in [5, 5.41) is 4.87. The van der Waals surface area contributed by atoms with Gasteiger partial charge in [0.1, 0.15) is 0 Å². The molecule has 0 spiro atoms. The van der Waals surface area contributed by atoms with E-state index in [-0.39, 0.29) is 0 Å². The molecule has 3 nitrogen and oxygen atoms in total. The maximum Gasteiger partial charge on any atom is 0.188 e. The lowest BCUT2D eigenvalue weighted by atomic mass is 9.99. The standard InChI is InChI=1S/C17H21N3S/c1-12-10-11-19-17(20-12)21-15-9-5-7-13-6-3-4-8-14(13)16(15)18-2/h3-4,6,8,10-11,15-16,18H,5,7,9H2,1-2H3. The largest absolute Gasteiger partial charge is 0.312 e. The average Bonchev–Trinajstić information content (AvgIpc) is 2.66. The molecule has 1 heterocycles. The second kappa shape index (κ2) is 6.58. The monoisotopic (exact) mass is 299 g/mol. The number of fused-ring (bicyclic) bond motifs is 1. The van der Waals surface area contributed by atoms with Crippen molar-refractivity contribution in [2.45, 2.75) is 42.6 Å². The van der Waals surface area contributed by atoms with Crippen LogP contribution in [0, 0.1) is 6.92 Å². The zero-order chi connectivity index (χ0) is 14.7. The zero-order valence-corrected chi connectivity index (χ0v) is 13.4. The molecule has 2 unspecified atom stereocenters. The molecule has 0 bridgehead atoms. The van der Waals surface area contributed by atoms with Crippen molar-refractivity contribution in [2.75, 3.05) is 7.05 Å². The van der Waals surface area contributed by atoms with Crippen molar-refractivity contribution < 1.29 is 0 Å². The fourth-order valence-electron chi connectivity index (χ4n) is 3.01. The maximum atomic E-state index is 4.55. The average molecular weight is 299 g/mol. The number of hydrogen-bond acceptors (Lipinski definition) is 4. The molecule has 0 aliphatic heterocycles. The minimum Gasteiger partial charge on any atom is -0.312 e. The van der Waals surface area contributed by atoms with E-state index >= 15 is 0 Å². The number of nitrogens with zero attached hydrogens (tertiary/aromatic N) is 2. The second-order valence-electron chi connectivity index (χ2n) is 5.49. The fraction of sp³-hybridized carbons (Fsp3) is 0.412. The van der Waals surface area contributed by atoms with Gasteiger partial charge in [-0.15, -0.1) is 0 Å². The van der Waals surface area contributed by atoms with Crippen LogP contribution < -0.4 is 5.32 Å². The first-order valence-corrected chi connectivity index (χ1v) is 8.37. The lowest BCUT2D eigenvalue weighted by molar-refractivity contribution is 0.546. The van der Waals surface area contributed by atoms with E-state index in [4.69, 9.17) is 0 Å². The lowest BCUT2D eigenvalue weighted by Gasteiger charge is -2.25. The van der Waals surface area contributed by atoms with E-state index in [1.807, 2.05) is 19.2 Å². The van der Waals surface area contributed by atoms with E-state index in [2.05, 4.69) is 46.6 Å². The molecular weight excluding hydrogens is 278 g/mol. The van der Waals surface area contributed by atoms with Gasteiger partial charge in [-0.1, -0.05) is 36.0 Å². The van der Waals surface area contributed by atoms with Crippen molar-refractivity contribution in [3.8, 4) is 0 Å². The van der Waals surface area contributed by atoms with E-state index in [0.29, 0.717) is 11.3 Å². The molecule has 2 atom stereocenters. The minimum atomic E-state index is 0.359. The normalized spacial score (nSPS) is 21.6. The molecule has 1 aromatic carbocycles. The van der Waals surface area contributed by atoms with Crippen molar-refractivity contribution in [2.24, 2.45) is 0 Å². The fourth-order valence-corrected chi connectivity index (χ4v) is 4.30. The quantitative estimate of drug-likeness (QED) is 0.695. The van der Waals surface area contributed by atoms with Crippen LogP contribution in [-0.4, -0.2) is 22.3 Å². The highest BCUT2D eigenvalue weighted by molar-refractivity contribution is 7.99.